The van der Waals surface area contributed by atoms with Crippen molar-refractivity contribution in [1.82, 2.24) is 4.98 Å². The lowest BCUT2D eigenvalue weighted by Crippen LogP contribution is -2.17. The van der Waals surface area contributed by atoms with E-state index in [-0.39, 0.29) is 5.82 Å². The number of nitrogens with zero attached hydrogens (tertiary/aromatic N) is 2. The fraction of sp³-hybridized carbons (Fsp3) is 0.154. The molecule has 17 heavy (non-hydrogen) atoms. The van der Waals surface area contributed by atoms with Crippen LogP contribution in [0.5, 0.6) is 0 Å². The maximum absolute atomic E-state index is 13.7. The molecule has 1 aromatic heterocycles. The summed E-state index contributed by atoms with van der Waals surface area (Å²) in [6.07, 6.45) is 1.64. The average molecular weight is 231 g/mol. The van der Waals surface area contributed by atoms with Gasteiger partial charge in [0.05, 0.1) is 17.6 Å². The average Bonchev–Trinajstić information content (AvgIpc) is 2.35. The van der Waals surface area contributed by atoms with Gasteiger partial charge < -0.3 is 10.6 Å². The van der Waals surface area contributed by atoms with Gasteiger partial charge in [0, 0.05) is 6.54 Å². The predicted molar refractivity (Wildman–Crippen MR) is 67.7 cm³/mol. The van der Waals surface area contributed by atoms with Crippen molar-refractivity contribution in [2.24, 2.45) is 0 Å². The van der Waals surface area contributed by atoms with E-state index in [0.717, 1.165) is 5.69 Å². The van der Waals surface area contributed by atoms with Crippen LogP contribution in [0, 0.1) is 5.82 Å². The van der Waals surface area contributed by atoms with Crippen molar-refractivity contribution in [2.75, 3.05) is 17.2 Å². The topological polar surface area (TPSA) is 42.1 Å². The Labute approximate surface area is 99.7 Å². The van der Waals surface area contributed by atoms with Crippen LogP contribution in [-0.2, 0) is 0 Å². The minimum Gasteiger partial charge on any atom is -0.384 e. The first kappa shape index (κ1) is 11.4. The standard InChI is InChI=1S/C13H14FN3/c1-2-17(10-7-8-13(15)16-9-10)12-6-4-3-5-11(12)14/h3-9H,2H2,1H3,(H2,15,16). The molecule has 0 aliphatic heterocycles. The third-order valence-electron chi connectivity index (χ3n) is 2.54. The lowest BCUT2D eigenvalue weighted by molar-refractivity contribution is 0.625. The smallest absolute Gasteiger partial charge is 0.146 e. The molecule has 4 heteroatoms. The normalized spacial score (nSPS) is 10.2. The molecular formula is C13H14FN3. The Hall–Kier alpha value is -2.10. The molecule has 0 radical (unpaired) electrons. The lowest BCUT2D eigenvalue weighted by atomic mass is 10.2. The first-order chi connectivity index (χ1) is 8.22. The number of para-hydroxylation sites is 1. The van der Waals surface area contributed by atoms with Crippen molar-refractivity contribution < 1.29 is 4.39 Å². The van der Waals surface area contributed by atoms with Gasteiger partial charge >= 0.3 is 0 Å². The fourth-order valence-corrected chi connectivity index (χ4v) is 1.72. The van der Waals surface area contributed by atoms with Crippen LogP contribution in [0.25, 0.3) is 0 Å². The molecule has 0 spiro atoms. The molecule has 1 heterocycles. The van der Waals surface area contributed by atoms with Gasteiger partial charge in [-0.05, 0) is 31.2 Å². The number of halogens is 1. The second kappa shape index (κ2) is 4.82. The van der Waals surface area contributed by atoms with Crippen molar-refractivity contribution in [1.29, 1.82) is 0 Å². The summed E-state index contributed by atoms with van der Waals surface area (Å²) in [5.41, 5.74) is 6.90. The lowest BCUT2D eigenvalue weighted by Gasteiger charge is -2.23. The number of rotatable bonds is 3. The van der Waals surface area contributed by atoms with Crippen molar-refractivity contribution in [3.8, 4) is 0 Å². The Morgan fingerprint density at radius 3 is 2.59 bits per heavy atom. The van der Waals surface area contributed by atoms with Crippen LogP contribution in [0.4, 0.5) is 21.6 Å². The van der Waals surface area contributed by atoms with Crippen molar-refractivity contribution in [3.63, 3.8) is 0 Å². The highest BCUT2D eigenvalue weighted by Crippen LogP contribution is 2.26. The summed E-state index contributed by atoms with van der Waals surface area (Å²) in [4.78, 5) is 5.87. The van der Waals surface area contributed by atoms with Gasteiger partial charge in [0.2, 0.25) is 0 Å². The second-order valence-corrected chi connectivity index (χ2v) is 3.64. The van der Waals surface area contributed by atoms with E-state index in [4.69, 9.17) is 5.73 Å². The zero-order valence-corrected chi connectivity index (χ0v) is 9.60. The first-order valence-corrected chi connectivity index (χ1v) is 5.46. The largest absolute Gasteiger partial charge is 0.384 e. The molecule has 3 nitrogen and oxygen atoms in total. The summed E-state index contributed by atoms with van der Waals surface area (Å²) in [6, 6.07) is 10.2. The summed E-state index contributed by atoms with van der Waals surface area (Å²) in [7, 11) is 0. The van der Waals surface area contributed by atoms with Gasteiger partial charge in [-0.2, -0.15) is 0 Å². The molecule has 2 rings (SSSR count). The molecule has 0 aliphatic rings. The summed E-state index contributed by atoms with van der Waals surface area (Å²) in [5.74, 6) is 0.213. The molecule has 2 N–H and O–H groups in total. The highest BCUT2D eigenvalue weighted by molar-refractivity contribution is 5.63. The first-order valence-electron chi connectivity index (χ1n) is 5.46. The summed E-state index contributed by atoms with van der Waals surface area (Å²) in [5, 5.41) is 0. The SMILES string of the molecule is CCN(c1ccc(N)nc1)c1ccccc1F. The molecule has 0 bridgehead atoms. The van der Waals surface area contributed by atoms with Gasteiger partial charge in [-0.25, -0.2) is 9.37 Å². The zero-order chi connectivity index (χ0) is 12.3. The van der Waals surface area contributed by atoms with Gasteiger partial charge in [0.1, 0.15) is 11.6 Å². The third-order valence-corrected chi connectivity index (χ3v) is 2.54. The molecule has 0 unspecified atom stereocenters. The van der Waals surface area contributed by atoms with Crippen LogP contribution in [0.3, 0.4) is 0 Å². The van der Waals surface area contributed by atoms with Gasteiger partial charge in [0.25, 0.3) is 0 Å². The van der Waals surface area contributed by atoms with E-state index < -0.39 is 0 Å². The highest BCUT2D eigenvalue weighted by Gasteiger charge is 2.11. The van der Waals surface area contributed by atoms with E-state index in [1.165, 1.54) is 6.07 Å². The molecule has 0 saturated heterocycles. The molecule has 2 aromatic rings. The summed E-state index contributed by atoms with van der Waals surface area (Å²) < 4.78 is 13.7. The Bertz CT molecular complexity index is 496. The molecule has 88 valence electrons. The van der Waals surface area contributed by atoms with Crippen LogP contribution in [0.1, 0.15) is 6.92 Å². The monoisotopic (exact) mass is 231 g/mol. The Balaban J connectivity index is 2.40. The number of nitrogen functional groups attached to an aromatic ring is 1. The van der Waals surface area contributed by atoms with Crippen LogP contribution >= 0.6 is 0 Å². The van der Waals surface area contributed by atoms with E-state index >= 15 is 0 Å². The van der Waals surface area contributed by atoms with Crippen LogP contribution in [0.15, 0.2) is 42.6 Å². The zero-order valence-electron chi connectivity index (χ0n) is 9.60. The number of nitrogens with two attached hydrogens (primary N) is 1. The van der Waals surface area contributed by atoms with Gasteiger partial charge in [-0.15, -0.1) is 0 Å². The molecule has 0 atom stereocenters. The van der Waals surface area contributed by atoms with Gasteiger partial charge in [-0.3, -0.25) is 0 Å². The summed E-state index contributed by atoms with van der Waals surface area (Å²) in [6.45, 7) is 2.62. The Morgan fingerprint density at radius 1 is 1.24 bits per heavy atom. The van der Waals surface area contributed by atoms with E-state index in [1.807, 2.05) is 24.0 Å². The molecule has 0 amide bonds. The van der Waals surface area contributed by atoms with Crippen molar-refractivity contribution in [3.05, 3.63) is 48.4 Å². The maximum atomic E-state index is 13.7. The number of anilines is 3. The minimum atomic E-state index is -0.244. The van der Waals surface area contributed by atoms with Crippen molar-refractivity contribution in [2.45, 2.75) is 6.92 Å². The highest BCUT2D eigenvalue weighted by atomic mass is 19.1. The number of benzene rings is 1. The van der Waals surface area contributed by atoms with Crippen molar-refractivity contribution >= 4 is 17.2 Å². The number of pyridine rings is 1. The minimum absolute atomic E-state index is 0.244. The van der Waals surface area contributed by atoms with E-state index in [2.05, 4.69) is 4.98 Å². The van der Waals surface area contributed by atoms with E-state index in [9.17, 15) is 4.39 Å². The molecule has 0 saturated carbocycles. The number of hydrogen-bond acceptors (Lipinski definition) is 3. The van der Waals surface area contributed by atoms with Gasteiger partial charge in [0.15, 0.2) is 0 Å². The van der Waals surface area contributed by atoms with E-state index in [0.29, 0.717) is 18.1 Å². The number of hydrogen-bond donors (Lipinski definition) is 1. The molecule has 1 aromatic carbocycles. The fourth-order valence-electron chi connectivity index (χ4n) is 1.72. The predicted octanol–water partition coefficient (Wildman–Crippen LogP) is 2.96. The second-order valence-electron chi connectivity index (χ2n) is 3.64. The van der Waals surface area contributed by atoms with Crippen LogP contribution in [-0.4, -0.2) is 11.5 Å². The maximum Gasteiger partial charge on any atom is 0.146 e. The summed E-state index contributed by atoms with van der Waals surface area (Å²) >= 11 is 0. The Kier molecular flexibility index (Phi) is 3.23. The Morgan fingerprint density at radius 2 is 2.00 bits per heavy atom. The van der Waals surface area contributed by atoms with Crippen LogP contribution < -0.4 is 10.6 Å². The third kappa shape index (κ3) is 2.36. The van der Waals surface area contributed by atoms with Crippen LogP contribution in [0.2, 0.25) is 0 Å². The number of aromatic nitrogens is 1. The quantitative estimate of drug-likeness (QED) is 0.883. The molecule has 0 aliphatic carbocycles. The molecule has 0 fully saturated rings. The van der Waals surface area contributed by atoms with Gasteiger partial charge in [-0.1, -0.05) is 12.1 Å². The molecular weight excluding hydrogens is 217 g/mol. The van der Waals surface area contributed by atoms with E-state index in [1.54, 1.807) is 24.4 Å².